The van der Waals surface area contributed by atoms with Crippen LogP contribution in [0.1, 0.15) is 29.0 Å². The number of para-hydroxylation sites is 1. The van der Waals surface area contributed by atoms with Gasteiger partial charge in [-0.2, -0.15) is 13.2 Å². The number of nitrogens with one attached hydrogen (secondary N) is 2. The standard InChI is InChI=1S/C19H18ClF3N2O3S/c1-29(27,28)25-17-4-2-3-14-15(10-24-18(14)17)12(7-8-26)13-6-5-11(9-16(13)20)19(21,22)23/h2-6,9-10,12,24-26H,7-8H2,1H3. The van der Waals surface area contributed by atoms with Crippen LogP contribution in [0.25, 0.3) is 10.9 Å². The van der Waals surface area contributed by atoms with Crippen molar-refractivity contribution >= 4 is 38.2 Å². The Kier molecular flexibility index (Phi) is 5.84. The minimum absolute atomic E-state index is 0.0574. The molecular weight excluding hydrogens is 429 g/mol. The lowest BCUT2D eigenvalue weighted by molar-refractivity contribution is -0.137. The van der Waals surface area contributed by atoms with Crippen LogP contribution in [-0.4, -0.2) is 31.4 Å². The molecule has 3 rings (SSSR count). The van der Waals surface area contributed by atoms with Crippen LogP contribution in [0, 0.1) is 0 Å². The number of halogens is 4. The number of fused-ring (bicyclic) bond motifs is 1. The molecule has 10 heteroatoms. The Morgan fingerprint density at radius 1 is 1.21 bits per heavy atom. The molecule has 0 bridgehead atoms. The Labute approximate surface area is 170 Å². The second-order valence-corrected chi connectivity index (χ2v) is 8.80. The fourth-order valence-corrected chi connectivity index (χ4v) is 4.22. The SMILES string of the molecule is CS(=O)(=O)Nc1cccc2c(C(CCO)c3ccc(C(F)(F)F)cc3Cl)c[nH]c12. The quantitative estimate of drug-likeness (QED) is 0.512. The first-order chi connectivity index (χ1) is 13.5. The lowest BCUT2D eigenvalue weighted by Crippen LogP contribution is -2.10. The van der Waals surface area contributed by atoms with E-state index in [0.29, 0.717) is 27.7 Å². The van der Waals surface area contributed by atoms with Gasteiger partial charge in [0.15, 0.2) is 0 Å². The van der Waals surface area contributed by atoms with Gasteiger partial charge in [0.2, 0.25) is 10.0 Å². The second kappa shape index (κ2) is 7.89. The molecule has 0 aliphatic heterocycles. The largest absolute Gasteiger partial charge is 0.416 e. The molecule has 0 radical (unpaired) electrons. The van der Waals surface area contributed by atoms with E-state index in [9.17, 15) is 26.7 Å². The molecule has 3 aromatic rings. The summed E-state index contributed by atoms with van der Waals surface area (Å²) in [6.45, 7) is -0.212. The van der Waals surface area contributed by atoms with Crippen molar-refractivity contribution in [2.45, 2.75) is 18.5 Å². The van der Waals surface area contributed by atoms with Crippen LogP contribution < -0.4 is 4.72 Å². The molecule has 1 heterocycles. The lowest BCUT2D eigenvalue weighted by atomic mass is 9.88. The number of aromatic amines is 1. The average molecular weight is 447 g/mol. The van der Waals surface area contributed by atoms with Gasteiger partial charge in [0, 0.05) is 29.1 Å². The molecule has 0 amide bonds. The molecule has 156 valence electrons. The summed E-state index contributed by atoms with van der Waals surface area (Å²) in [5.41, 5.74) is 1.15. The number of hydrogen-bond donors (Lipinski definition) is 3. The van der Waals surface area contributed by atoms with Crippen LogP contribution in [0.4, 0.5) is 18.9 Å². The molecule has 5 nitrogen and oxygen atoms in total. The Morgan fingerprint density at radius 2 is 1.93 bits per heavy atom. The molecule has 1 aromatic heterocycles. The van der Waals surface area contributed by atoms with E-state index >= 15 is 0 Å². The number of sulfonamides is 1. The maximum absolute atomic E-state index is 13.0. The molecule has 0 aliphatic carbocycles. The fraction of sp³-hybridized carbons (Fsp3) is 0.263. The van der Waals surface area contributed by atoms with Crippen LogP contribution in [0.5, 0.6) is 0 Å². The average Bonchev–Trinajstić information content (AvgIpc) is 3.03. The van der Waals surface area contributed by atoms with E-state index < -0.39 is 27.7 Å². The van der Waals surface area contributed by atoms with Crippen molar-refractivity contribution < 1.29 is 26.7 Å². The summed E-state index contributed by atoms with van der Waals surface area (Å²) in [6, 6.07) is 8.15. The van der Waals surface area contributed by atoms with Crippen molar-refractivity contribution in [3.63, 3.8) is 0 Å². The lowest BCUT2D eigenvalue weighted by Gasteiger charge is -2.19. The summed E-state index contributed by atoms with van der Waals surface area (Å²) < 4.78 is 64.5. The van der Waals surface area contributed by atoms with Crippen molar-refractivity contribution in [2.75, 3.05) is 17.6 Å². The highest BCUT2D eigenvalue weighted by Crippen LogP contribution is 2.40. The Balaban J connectivity index is 2.11. The van der Waals surface area contributed by atoms with Gasteiger partial charge in [0.25, 0.3) is 0 Å². The molecular formula is C19H18ClF3N2O3S. The minimum atomic E-state index is -4.51. The van der Waals surface area contributed by atoms with Gasteiger partial charge < -0.3 is 10.1 Å². The molecule has 0 fully saturated rings. The number of rotatable bonds is 6. The van der Waals surface area contributed by atoms with E-state index in [1.165, 1.54) is 6.07 Å². The van der Waals surface area contributed by atoms with Gasteiger partial charge in [-0.3, -0.25) is 4.72 Å². The summed E-state index contributed by atoms with van der Waals surface area (Å²) in [7, 11) is -3.51. The maximum atomic E-state index is 13.0. The smallest absolute Gasteiger partial charge is 0.396 e. The fourth-order valence-electron chi connectivity index (χ4n) is 3.34. The van der Waals surface area contributed by atoms with Crippen molar-refractivity contribution in [3.05, 3.63) is 64.3 Å². The van der Waals surface area contributed by atoms with Gasteiger partial charge in [-0.1, -0.05) is 29.8 Å². The van der Waals surface area contributed by atoms with Gasteiger partial charge in [-0.05, 0) is 35.7 Å². The zero-order valence-corrected chi connectivity index (χ0v) is 16.8. The predicted octanol–water partition coefficient (Wildman–Crippen LogP) is 4.73. The number of aliphatic hydroxyl groups is 1. The van der Waals surface area contributed by atoms with Gasteiger partial charge in [0.1, 0.15) is 0 Å². The van der Waals surface area contributed by atoms with E-state index in [4.69, 9.17) is 11.6 Å². The molecule has 0 saturated heterocycles. The predicted molar refractivity (Wildman–Crippen MR) is 107 cm³/mol. The maximum Gasteiger partial charge on any atom is 0.416 e. The first-order valence-corrected chi connectivity index (χ1v) is 10.8. The monoisotopic (exact) mass is 446 g/mol. The number of hydrogen-bond acceptors (Lipinski definition) is 3. The Morgan fingerprint density at radius 3 is 2.52 bits per heavy atom. The van der Waals surface area contributed by atoms with Crippen molar-refractivity contribution in [3.8, 4) is 0 Å². The molecule has 0 spiro atoms. The van der Waals surface area contributed by atoms with Crippen molar-refractivity contribution in [2.24, 2.45) is 0 Å². The van der Waals surface area contributed by atoms with Crippen LogP contribution >= 0.6 is 11.6 Å². The van der Waals surface area contributed by atoms with E-state index in [-0.39, 0.29) is 18.1 Å². The zero-order valence-electron chi connectivity index (χ0n) is 15.2. The van der Waals surface area contributed by atoms with Crippen LogP contribution in [0.3, 0.4) is 0 Å². The summed E-state index contributed by atoms with van der Waals surface area (Å²) in [6.07, 6.45) is -1.61. The second-order valence-electron chi connectivity index (χ2n) is 6.65. The van der Waals surface area contributed by atoms with Gasteiger partial charge >= 0.3 is 6.18 Å². The third kappa shape index (κ3) is 4.68. The van der Waals surface area contributed by atoms with Crippen LogP contribution in [0.2, 0.25) is 5.02 Å². The number of aromatic nitrogens is 1. The molecule has 29 heavy (non-hydrogen) atoms. The number of aliphatic hydroxyl groups excluding tert-OH is 1. The van der Waals surface area contributed by atoms with Crippen LogP contribution in [0.15, 0.2) is 42.6 Å². The van der Waals surface area contributed by atoms with E-state index in [0.717, 1.165) is 18.4 Å². The van der Waals surface area contributed by atoms with E-state index in [2.05, 4.69) is 9.71 Å². The highest BCUT2D eigenvalue weighted by molar-refractivity contribution is 7.92. The van der Waals surface area contributed by atoms with E-state index in [1.54, 1.807) is 24.4 Å². The summed E-state index contributed by atoms with van der Waals surface area (Å²) >= 11 is 6.17. The highest BCUT2D eigenvalue weighted by Gasteiger charge is 2.32. The minimum Gasteiger partial charge on any atom is -0.396 e. The molecule has 3 N–H and O–H groups in total. The summed E-state index contributed by atoms with van der Waals surface area (Å²) in [5.74, 6) is -0.489. The highest BCUT2D eigenvalue weighted by atomic mass is 35.5. The molecule has 2 aromatic carbocycles. The molecule has 1 unspecified atom stereocenters. The first-order valence-electron chi connectivity index (χ1n) is 8.56. The van der Waals surface area contributed by atoms with E-state index in [1.807, 2.05) is 0 Å². The van der Waals surface area contributed by atoms with Crippen LogP contribution in [-0.2, 0) is 16.2 Å². The number of H-pyrrole nitrogens is 1. The zero-order chi connectivity index (χ0) is 21.4. The molecule has 1 atom stereocenters. The van der Waals surface area contributed by atoms with Crippen molar-refractivity contribution in [1.82, 2.24) is 4.98 Å². The normalized spacial score (nSPS) is 13.6. The molecule has 0 saturated carbocycles. The van der Waals surface area contributed by atoms with Gasteiger partial charge in [0.05, 0.1) is 23.0 Å². The Bertz CT molecular complexity index is 1140. The summed E-state index contributed by atoms with van der Waals surface area (Å²) in [4.78, 5) is 3.01. The number of benzene rings is 2. The van der Waals surface area contributed by atoms with Crippen molar-refractivity contribution in [1.29, 1.82) is 0 Å². The summed E-state index contributed by atoms with van der Waals surface area (Å²) in [5, 5.41) is 10.1. The third-order valence-corrected chi connectivity index (χ3v) is 5.46. The Hall–Kier alpha value is -2.23. The first kappa shape index (κ1) is 21.5. The molecule has 0 aliphatic rings. The third-order valence-electron chi connectivity index (χ3n) is 4.54. The number of anilines is 1. The van der Waals surface area contributed by atoms with Gasteiger partial charge in [-0.25, -0.2) is 8.42 Å². The van der Waals surface area contributed by atoms with Gasteiger partial charge in [-0.15, -0.1) is 0 Å². The number of alkyl halides is 3. The topological polar surface area (TPSA) is 82.2 Å².